The molecule has 11 heteroatoms. The van der Waals surface area contributed by atoms with Crippen molar-refractivity contribution in [2.45, 2.75) is 65.7 Å². The number of aliphatic carboxylic acids is 1. The first-order valence-corrected chi connectivity index (χ1v) is 13.6. The highest BCUT2D eigenvalue weighted by Crippen LogP contribution is 2.41. The van der Waals surface area contributed by atoms with Gasteiger partial charge in [-0.15, -0.1) is 0 Å². The second kappa shape index (κ2) is 11.1. The number of aryl methyl sites for hydroxylation is 1. The van der Waals surface area contributed by atoms with Gasteiger partial charge in [0.05, 0.1) is 17.9 Å². The van der Waals surface area contributed by atoms with E-state index < -0.39 is 29.4 Å². The molecule has 9 nitrogen and oxygen atoms in total. The number of carboxylic acid groups (broad SMARTS) is 1. The maximum atomic E-state index is 15.5. The first-order chi connectivity index (χ1) is 19.8. The first kappa shape index (κ1) is 29.1. The molecular weight excluding hydrogens is 546 g/mol. The van der Waals surface area contributed by atoms with Crippen molar-refractivity contribution in [3.8, 4) is 17.0 Å². The Kier molecular flexibility index (Phi) is 7.72. The number of hydrogen-bond acceptors (Lipinski definition) is 6. The Labute approximate surface area is 241 Å². The first-order valence-electron chi connectivity index (χ1n) is 13.6. The number of hydrogen-bond donors (Lipinski definition) is 2. The van der Waals surface area contributed by atoms with Gasteiger partial charge >= 0.3 is 5.97 Å². The minimum Gasteiger partial charge on any atom is -0.490 e. The normalized spacial score (nSPS) is 13.9. The number of fused-ring (bicyclic) bond motifs is 2. The van der Waals surface area contributed by atoms with Crippen molar-refractivity contribution in [1.29, 1.82) is 0 Å². The van der Waals surface area contributed by atoms with Gasteiger partial charge in [0, 0.05) is 35.0 Å². The van der Waals surface area contributed by atoms with Gasteiger partial charge in [0.15, 0.2) is 29.0 Å². The van der Waals surface area contributed by atoms with Crippen molar-refractivity contribution < 1.29 is 33.0 Å². The standard InChI is InChI=1S/C31H32F2N4O5/c1-16-20-7-6-12-41-27(20)22(33)13-21(16)26-25(28(30(39)40)42-31(3,4)5)17(2)35-24-14-23(36-37(24)26)29(38)34-15-18-8-10-19(32)11-9-18/h8-11,13-14,28H,6-7,12,15H2,1-5H3,(H,34,38)(H,39,40)/t28-/m0/s1. The van der Waals surface area contributed by atoms with Crippen LogP contribution < -0.4 is 10.1 Å². The van der Waals surface area contributed by atoms with Crippen LogP contribution in [0.3, 0.4) is 0 Å². The predicted octanol–water partition coefficient (Wildman–Crippen LogP) is 5.49. The fraction of sp³-hybridized carbons (Fsp3) is 0.355. The van der Waals surface area contributed by atoms with Crippen LogP contribution in [0.15, 0.2) is 36.4 Å². The number of benzene rings is 2. The van der Waals surface area contributed by atoms with Gasteiger partial charge in [-0.25, -0.2) is 23.1 Å². The summed E-state index contributed by atoms with van der Waals surface area (Å²) in [4.78, 5) is 30.3. The third kappa shape index (κ3) is 5.69. The Morgan fingerprint density at radius 3 is 2.55 bits per heavy atom. The molecule has 1 amide bonds. The Morgan fingerprint density at radius 2 is 1.88 bits per heavy atom. The van der Waals surface area contributed by atoms with E-state index in [0.29, 0.717) is 47.4 Å². The van der Waals surface area contributed by atoms with Crippen molar-refractivity contribution in [2.24, 2.45) is 0 Å². The molecule has 1 atom stereocenters. The highest BCUT2D eigenvalue weighted by Gasteiger charge is 2.35. The molecule has 220 valence electrons. The molecule has 42 heavy (non-hydrogen) atoms. The molecule has 0 aliphatic carbocycles. The van der Waals surface area contributed by atoms with Gasteiger partial charge in [-0.2, -0.15) is 5.10 Å². The second-order valence-corrected chi connectivity index (χ2v) is 11.3. The fourth-order valence-electron chi connectivity index (χ4n) is 5.18. The van der Waals surface area contributed by atoms with Crippen molar-refractivity contribution >= 4 is 17.5 Å². The van der Waals surface area contributed by atoms with E-state index in [4.69, 9.17) is 9.47 Å². The molecule has 0 bridgehead atoms. The number of carboxylic acids is 1. The van der Waals surface area contributed by atoms with Gasteiger partial charge in [-0.3, -0.25) is 4.79 Å². The summed E-state index contributed by atoms with van der Waals surface area (Å²) in [5.74, 6) is -2.54. The average molecular weight is 579 g/mol. The minimum absolute atomic E-state index is 0.0189. The van der Waals surface area contributed by atoms with Gasteiger partial charge < -0.3 is 19.9 Å². The maximum Gasteiger partial charge on any atom is 0.337 e. The molecule has 2 aromatic heterocycles. The van der Waals surface area contributed by atoms with Gasteiger partial charge in [-0.1, -0.05) is 12.1 Å². The van der Waals surface area contributed by atoms with Gasteiger partial charge in [-0.05, 0) is 76.8 Å². The number of rotatable bonds is 7. The molecule has 0 radical (unpaired) electrons. The predicted molar refractivity (Wildman–Crippen MR) is 150 cm³/mol. The van der Waals surface area contributed by atoms with E-state index in [2.05, 4.69) is 15.4 Å². The van der Waals surface area contributed by atoms with Crippen molar-refractivity contribution in [1.82, 2.24) is 19.9 Å². The van der Waals surface area contributed by atoms with Crippen LogP contribution >= 0.6 is 0 Å². The lowest BCUT2D eigenvalue weighted by molar-refractivity contribution is -0.160. The summed E-state index contributed by atoms with van der Waals surface area (Å²) in [6.45, 7) is 9.23. The molecule has 1 aliphatic heterocycles. The van der Waals surface area contributed by atoms with Crippen molar-refractivity contribution in [3.05, 3.63) is 81.7 Å². The quantitative estimate of drug-likeness (QED) is 0.298. The summed E-state index contributed by atoms with van der Waals surface area (Å²) in [5, 5.41) is 17.6. The molecule has 5 rings (SSSR count). The lowest BCUT2D eigenvalue weighted by Crippen LogP contribution is -2.29. The van der Waals surface area contributed by atoms with Crippen LogP contribution in [0.1, 0.15) is 71.7 Å². The summed E-state index contributed by atoms with van der Waals surface area (Å²) in [6.07, 6.45) is -0.170. The van der Waals surface area contributed by atoms with Gasteiger partial charge in [0.2, 0.25) is 0 Å². The largest absolute Gasteiger partial charge is 0.490 e. The lowest BCUT2D eigenvalue weighted by Gasteiger charge is -2.28. The van der Waals surface area contributed by atoms with Crippen LogP contribution in [0.5, 0.6) is 5.75 Å². The van der Waals surface area contributed by atoms with E-state index in [1.165, 1.54) is 28.8 Å². The van der Waals surface area contributed by atoms with E-state index in [1.54, 1.807) is 39.8 Å². The van der Waals surface area contributed by atoms with Crippen LogP contribution in [0.25, 0.3) is 16.9 Å². The summed E-state index contributed by atoms with van der Waals surface area (Å²) in [5.41, 5.74) is 2.72. The zero-order chi connectivity index (χ0) is 30.3. The molecule has 0 fully saturated rings. The van der Waals surface area contributed by atoms with Crippen LogP contribution in [0.2, 0.25) is 0 Å². The minimum atomic E-state index is -1.47. The summed E-state index contributed by atoms with van der Waals surface area (Å²) in [7, 11) is 0. The molecule has 0 spiro atoms. The number of nitrogens with zero attached hydrogens (tertiary/aromatic N) is 3. The summed E-state index contributed by atoms with van der Waals surface area (Å²) < 4.78 is 41.7. The fourth-order valence-corrected chi connectivity index (χ4v) is 5.18. The third-order valence-corrected chi connectivity index (χ3v) is 7.08. The van der Waals surface area contributed by atoms with Gasteiger partial charge in [0.1, 0.15) is 5.82 Å². The molecule has 2 aromatic carbocycles. The van der Waals surface area contributed by atoms with Crippen molar-refractivity contribution in [2.75, 3.05) is 6.61 Å². The highest BCUT2D eigenvalue weighted by molar-refractivity contribution is 5.93. The number of carbonyl (C=O) groups is 2. The Bertz CT molecular complexity index is 1690. The number of aromatic nitrogens is 3. The van der Waals surface area contributed by atoms with E-state index in [-0.39, 0.29) is 40.7 Å². The Balaban J connectivity index is 1.70. The number of nitrogens with one attached hydrogen (secondary N) is 1. The summed E-state index contributed by atoms with van der Waals surface area (Å²) >= 11 is 0. The molecule has 1 aliphatic rings. The number of halogens is 2. The number of ether oxygens (including phenoxy) is 2. The van der Waals surface area contributed by atoms with Crippen molar-refractivity contribution in [3.63, 3.8) is 0 Å². The topological polar surface area (TPSA) is 115 Å². The van der Waals surface area contributed by atoms with E-state index in [9.17, 15) is 19.1 Å². The number of amides is 1. The van der Waals surface area contributed by atoms with E-state index in [1.807, 2.05) is 6.92 Å². The molecule has 0 unspecified atom stereocenters. The van der Waals surface area contributed by atoms with E-state index in [0.717, 1.165) is 0 Å². The molecule has 4 aromatic rings. The monoisotopic (exact) mass is 578 g/mol. The molecular formula is C31H32F2N4O5. The Hall–Kier alpha value is -4.38. The van der Waals surface area contributed by atoms with Crippen LogP contribution in [0.4, 0.5) is 8.78 Å². The van der Waals surface area contributed by atoms with Crippen LogP contribution in [0, 0.1) is 25.5 Å². The zero-order valence-electron chi connectivity index (χ0n) is 24.0. The second-order valence-electron chi connectivity index (χ2n) is 11.3. The van der Waals surface area contributed by atoms with Gasteiger partial charge in [0.25, 0.3) is 5.91 Å². The van der Waals surface area contributed by atoms with Crippen LogP contribution in [-0.2, 0) is 22.5 Å². The molecule has 0 saturated carbocycles. The lowest BCUT2D eigenvalue weighted by atomic mass is 9.91. The third-order valence-electron chi connectivity index (χ3n) is 7.08. The molecule has 0 saturated heterocycles. The number of carbonyl (C=O) groups excluding carboxylic acids is 1. The smallest absolute Gasteiger partial charge is 0.337 e. The van der Waals surface area contributed by atoms with E-state index >= 15 is 4.39 Å². The Morgan fingerprint density at radius 1 is 1.17 bits per heavy atom. The van der Waals surface area contributed by atoms with Crippen LogP contribution in [-0.4, -0.2) is 43.8 Å². The average Bonchev–Trinajstić information content (AvgIpc) is 3.36. The molecule has 2 N–H and O–H groups in total. The zero-order valence-corrected chi connectivity index (χ0v) is 24.0. The highest BCUT2D eigenvalue weighted by atomic mass is 19.1. The molecule has 3 heterocycles. The summed E-state index contributed by atoms with van der Waals surface area (Å²) in [6, 6.07) is 8.52. The maximum absolute atomic E-state index is 15.5. The SMILES string of the molecule is Cc1nc2cc(C(=O)NCc3ccc(F)cc3)nn2c(-c2cc(F)c3c(c2C)CCCO3)c1[C@H](OC(C)(C)C)C(=O)O.